The average molecular weight is 287 g/mol. The molecule has 2 nitrogen and oxygen atoms in total. The number of nitrogens with one attached hydrogen (secondary N) is 1. The molecule has 0 aromatic heterocycles. The minimum absolute atomic E-state index is 0.113. The largest absolute Gasteiger partial charge is 0.508 e. The summed E-state index contributed by atoms with van der Waals surface area (Å²) in [6.45, 7) is 8.15. The summed E-state index contributed by atoms with van der Waals surface area (Å²) in [5.41, 5.74) is 4.23. The fourth-order valence-corrected chi connectivity index (χ4v) is 2.65. The van der Waals surface area contributed by atoms with Crippen LogP contribution in [-0.2, 0) is 0 Å². The molecule has 0 saturated heterocycles. The first-order chi connectivity index (χ1) is 9.88. The fraction of sp³-hybridized carbons (Fsp3) is 0.333. The SMILES string of the molecule is Cc1ccc(C)c(C(C)NC(C)c2cc(F)ccc2O)c1. The van der Waals surface area contributed by atoms with Crippen molar-refractivity contribution in [1.82, 2.24) is 5.32 Å². The van der Waals surface area contributed by atoms with Crippen molar-refractivity contribution < 1.29 is 9.50 Å². The Kier molecular flexibility index (Phi) is 4.63. The molecule has 0 aliphatic carbocycles. The highest BCUT2D eigenvalue weighted by Gasteiger charge is 2.16. The van der Waals surface area contributed by atoms with E-state index in [1.54, 1.807) is 0 Å². The molecule has 0 heterocycles. The Labute approximate surface area is 125 Å². The Bertz CT molecular complexity index is 584. The minimum atomic E-state index is -0.337. The second kappa shape index (κ2) is 6.27. The summed E-state index contributed by atoms with van der Waals surface area (Å²) < 4.78 is 13.3. The lowest BCUT2D eigenvalue weighted by Crippen LogP contribution is -2.23. The molecule has 2 aromatic carbocycles. The van der Waals surface area contributed by atoms with E-state index in [2.05, 4.69) is 44.3 Å². The summed E-state index contributed by atoms with van der Waals surface area (Å²) in [6, 6.07) is 10.4. The fourth-order valence-electron chi connectivity index (χ4n) is 2.65. The molecule has 0 radical (unpaired) electrons. The summed E-state index contributed by atoms with van der Waals surface area (Å²) in [5.74, 6) is -0.222. The molecule has 3 heteroatoms. The van der Waals surface area contributed by atoms with Crippen molar-refractivity contribution in [3.05, 3.63) is 64.5 Å². The zero-order valence-electron chi connectivity index (χ0n) is 12.9. The molecule has 0 aliphatic rings. The Morgan fingerprint density at radius 2 is 1.62 bits per heavy atom. The molecule has 2 atom stereocenters. The van der Waals surface area contributed by atoms with Gasteiger partial charge in [-0.3, -0.25) is 0 Å². The predicted octanol–water partition coefficient (Wildman–Crippen LogP) is 4.56. The number of benzene rings is 2. The molecule has 0 spiro atoms. The van der Waals surface area contributed by atoms with E-state index in [1.807, 2.05) is 6.92 Å². The van der Waals surface area contributed by atoms with Crippen molar-refractivity contribution in [3.8, 4) is 5.75 Å². The molecular weight excluding hydrogens is 265 g/mol. The molecule has 0 bridgehead atoms. The maximum Gasteiger partial charge on any atom is 0.123 e. The maximum absolute atomic E-state index is 13.3. The molecule has 2 rings (SSSR count). The second-order valence-electron chi connectivity index (χ2n) is 5.67. The smallest absolute Gasteiger partial charge is 0.123 e. The van der Waals surface area contributed by atoms with Crippen molar-refractivity contribution >= 4 is 0 Å². The van der Waals surface area contributed by atoms with Crippen LogP contribution in [0.5, 0.6) is 5.75 Å². The van der Waals surface area contributed by atoms with Crippen LogP contribution in [0.1, 0.15) is 48.2 Å². The van der Waals surface area contributed by atoms with Gasteiger partial charge >= 0.3 is 0 Å². The zero-order valence-corrected chi connectivity index (χ0v) is 12.9. The van der Waals surface area contributed by atoms with E-state index < -0.39 is 0 Å². The molecule has 0 amide bonds. The molecular formula is C18H22FNO. The number of phenolic OH excluding ortho intramolecular Hbond substituents is 1. The van der Waals surface area contributed by atoms with Crippen molar-refractivity contribution in [2.45, 2.75) is 39.8 Å². The van der Waals surface area contributed by atoms with E-state index in [4.69, 9.17) is 0 Å². The van der Waals surface area contributed by atoms with Crippen LogP contribution in [0, 0.1) is 19.7 Å². The van der Waals surface area contributed by atoms with Crippen LogP contribution in [0.2, 0.25) is 0 Å². The Morgan fingerprint density at radius 3 is 2.33 bits per heavy atom. The van der Waals surface area contributed by atoms with Crippen LogP contribution in [0.3, 0.4) is 0 Å². The molecule has 2 unspecified atom stereocenters. The Balaban J connectivity index is 2.20. The zero-order chi connectivity index (χ0) is 15.6. The van der Waals surface area contributed by atoms with Crippen molar-refractivity contribution in [2.75, 3.05) is 0 Å². The topological polar surface area (TPSA) is 32.3 Å². The predicted molar refractivity (Wildman–Crippen MR) is 83.9 cm³/mol. The summed E-state index contributed by atoms with van der Waals surface area (Å²) >= 11 is 0. The molecule has 2 N–H and O–H groups in total. The van der Waals surface area contributed by atoms with Gasteiger partial charge < -0.3 is 10.4 Å². The normalized spacial score (nSPS) is 14.0. The summed E-state index contributed by atoms with van der Waals surface area (Å²) in [7, 11) is 0. The number of aromatic hydroxyl groups is 1. The highest BCUT2D eigenvalue weighted by molar-refractivity contribution is 5.36. The van der Waals surface area contributed by atoms with Crippen molar-refractivity contribution in [1.29, 1.82) is 0 Å². The first-order valence-corrected chi connectivity index (χ1v) is 7.20. The number of rotatable bonds is 4. The van der Waals surface area contributed by atoms with Gasteiger partial charge in [-0.05, 0) is 57.0 Å². The summed E-state index contributed by atoms with van der Waals surface area (Å²) in [6.07, 6.45) is 0. The highest BCUT2D eigenvalue weighted by Crippen LogP contribution is 2.28. The number of hydrogen-bond donors (Lipinski definition) is 2. The number of halogens is 1. The van der Waals surface area contributed by atoms with Gasteiger partial charge in [-0.15, -0.1) is 0 Å². The van der Waals surface area contributed by atoms with Crippen LogP contribution in [0.25, 0.3) is 0 Å². The van der Waals surface area contributed by atoms with Gasteiger partial charge in [0, 0.05) is 17.6 Å². The van der Waals surface area contributed by atoms with Crippen LogP contribution < -0.4 is 5.32 Å². The molecule has 112 valence electrons. The lowest BCUT2D eigenvalue weighted by Gasteiger charge is -2.23. The van der Waals surface area contributed by atoms with Crippen LogP contribution in [0.15, 0.2) is 36.4 Å². The molecule has 21 heavy (non-hydrogen) atoms. The van der Waals surface area contributed by atoms with E-state index in [0.717, 1.165) is 0 Å². The standard InChI is InChI=1S/C18H22FNO/c1-11-5-6-12(2)16(9-11)13(3)20-14(4)17-10-15(19)7-8-18(17)21/h5-10,13-14,20-21H,1-4H3. The second-order valence-corrected chi connectivity index (χ2v) is 5.67. The van der Waals surface area contributed by atoms with Gasteiger partial charge in [0.1, 0.15) is 11.6 Å². The third kappa shape index (κ3) is 3.61. The van der Waals surface area contributed by atoms with Gasteiger partial charge in [-0.2, -0.15) is 0 Å². The van der Waals surface area contributed by atoms with Crippen molar-refractivity contribution in [3.63, 3.8) is 0 Å². The van der Waals surface area contributed by atoms with E-state index in [-0.39, 0.29) is 23.7 Å². The van der Waals surface area contributed by atoms with Gasteiger partial charge in [0.2, 0.25) is 0 Å². The Hall–Kier alpha value is -1.87. The first-order valence-electron chi connectivity index (χ1n) is 7.20. The minimum Gasteiger partial charge on any atom is -0.508 e. The monoisotopic (exact) mass is 287 g/mol. The third-order valence-corrected chi connectivity index (χ3v) is 3.86. The lowest BCUT2D eigenvalue weighted by molar-refractivity contribution is 0.435. The van der Waals surface area contributed by atoms with E-state index in [1.165, 1.54) is 34.9 Å². The van der Waals surface area contributed by atoms with Gasteiger partial charge in [-0.1, -0.05) is 23.8 Å². The van der Waals surface area contributed by atoms with E-state index in [0.29, 0.717) is 5.56 Å². The first kappa shape index (κ1) is 15.5. The van der Waals surface area contributed by atoms with Crippen LogP contribution >= 0.6 is 0 Å². The number of phenols is 1. The lowest BCUT2D eigenvalue weighted by atomic mass is 9.98. The van der Waals surface area contributed by atoms with Crippen LogP contribution in [0.4, 0.5) is 4.39 Å². The number of aryl methyl sites for hydroxylation is 2. The molecule has 0 saturated carbocycles. The quantitative estimate of drug-likeness (QED) is 0.864. The molecule has 0 aliphatic heterocycles. The molecule has 2 aromatic rings. The summed E-state index contributed by atoms with van der Waals surface area (Å²) in [5, 5.41) is 13.3. The average Bonchev–Trinajstić information content (AvgIpc) is 2.43. The van der Waals surface area contributed by atoms with Gasteiger partial charge in [0.05, 0.1) is 0 Å². The Morgan fingerprint density at radius 1 is 0.952 bits per heavy atom. The van der Waals surface area contributed by atoms with Crippen LogP contribution in [-0.4, -0.2) is 5.11 Å². The van der Waals surface area contributed by atoms with E-state index >= 15 is 0 Å². The third-order valence-electron chi connectivity index (χ3n) is 3.86. The summed E-state index contributed by atoms with van der Waals surface area (Å²) in [4.78, 5) is 0. The molecule has 0 fully saturated rings. The highest BCUT2D eigenvalue weighted by atomic mass is 19.1. The van der Waals surface area contributed by atoms with Crippen molar-refractivity contribution in [2.24, 2.45) is 0 Å². The van der Waals surface area contributed by atoms with Gasteiger partial charge in [0.25, 0.3) is 0 Å². The maximum atomic E-state index is 13.3. The number of hydrogen-bond acceptors (Lipinski definition) is 2. The van der Waals surface area contributed by atoms with Gasteiger partial charge in [-0.25, -0.2) is 4.39 Å². The van der Waals surface area contributed by atoms with Gasteiger partial charge in [0.15, 0.2) is 0 Å². The van der Waals surface area contributed by atoms with E-state index in [9.17, 15) is 9.50 Å².